The molecule has 0 aliphatic rings. The van der Waals surface area contributed by atoms with Gasteiger partial charge in [0.2, 0.25) is 11.6 Å². The minimum Gasteiger partial charge on any atom is -0.479 e. The Morgan fingerprint density at radius 1 is 1.40 bits per heavy atom. The second kappa shape index (κ2) is 6.38. The van der Waals surface area contributed by atoms with Crippen LogP contribution in [-0.2, 0) is 11.3 Å². The second-order valence-corrected chi connectivity index (χ2v) is 4.32. The van der Waals surface area contributed by atoms with Gasteiger partial charge in [0.15, 0.2) is 0 Å². The molecule has 0 unspecified atom stereocenters. The molecule has 0 aliphatic carbocycles. The van der Waals surface area contributed by atoms with E-state index in [1.165, 1.54) is 11.8 Å². The first kappa shape index (κ1) is 14.3. The topological polar surface area (TPSA) is 66.2 Å². The molecule has 1 aromatic heterocycles. The third kappa shape index (κ3) is 2.91. The Kier molecular flexibility index (Phi) is 4.57. The van der Waals surface area contributed by atoms with Gasteiger partial charge in [0.05, 0.1) is 20.3 Å². The molecule has 0 atom stereocenters. The van der Waals surface area contributed by atoms with Crippen LogP contribution in [0.3, 0.4) is 0 Å². The molecule has 7 heteroatoms. The summed E-state index contributed by atoms with van der Waals surface area (Å²) in [6, 6.07) is 7.37. The standard InChI is InChI=1S/C13H14ClN3O3/c1-3-20-13(18)11-12(19-2)17(16-15-11)8-9-6-4-5-7-10(9)14/h4-7H,3,8H2,1-2H3. The predicted octanol–water partition coefficient (Wildman–Crippen LogP) is 2.17. The molecule has 0 fully saturated rings. The molecule has 20 heavy (non-hydrogen) atoms. The van der Waals surface area contributed by atoms with Crippen molar-refractivity contribution in [1.82, 2.24) is 15.0 Å². The smallest absolute Gasteiger partial charge is 0.364 e. The number of benzene rings is 1. The molecule has 0 amide bonds. The SMILES string of the molecule is CCOC(=O)c1nnn(Cc2ccccc2Cl)c1OC. The Hall–Kier alpha value is -2.08. The van der Waals surface area contributed by atoms with Gasteiger partial charge in [0.1, 0.15) is 0 Å². The van der Waals surface area contributed by atoms with Gasteiger partial charge >= 0.3 is 5.97 Å². The zero-order valence-corrected chi connectivity index (χ0v) is 11.9. The number of ether oxygens (including phenoxy) is 2. The molecule has 0 spiro atoms. The highest BCUT2D eigenvalue weighted by atomic mass is 35.5. The zero-order valence-electron chi connectivity index (χ0n) is 11.2. The van der Waals surface area contributed by atoms with Gasteiger partial charge in [-0.25, -0.2) is 9.48 Å². The number of carbonyl (C=O) groups excluding carboxylic acids is 1. The lowest BCUT2D eigenvalue weighted by Crippen LogP contribution is -2.09. The van der Waals surface area contributed by atoms with Crippen molar-refractivity contribution in [3.63, 3.8) is 0 Å². The molecule has 0 aliphatic heterocycles. The van der Waals surface area contributed by atoms with Crippen LogP contribution < -0.4 is 4.74 Å². The summed E-state index contributed by atoms with van der Waals surface area (Å²) in [7, 11) is 1.45. The van der Waals surface area contributed by atoms with Gasteiger partial charge in [-0.3, -0.25) is 0 Å². The van der Waals surface area contributed by atoms with Gasteiger partial charge in [-0.05, 0) is 18.6 Å². The van der Waals surface area contributed by atoms with Crippen molar-refractivity contribution in [3.05, 3.63) is 40.5 Å². The number of aromatic nitrogens is 3. The number of hydrogen-bond donors (Lipinski definition) is 0. The number of nitrogens with zero attached hydrogens (tertiary/aromatic N) is 3. The minimum atomic E-state index is -0.560. The Balaban J connectivity index is 2.29. The molecule has 6 nitrogen and oxygen atoms in total. The van der Waals surface area contributed by atoms with Crippen LogP contribution in [0.2, 0.25) is 5.02 Å². The van der Waals surface area contributed by atoms with E-state index >= 15 is 0 Å². The van der Waals surface area contributed by atoms with Crippen LogP contribution in [0, 0.1) is 0 Å². The van der Waals surface area contributed by atoms with E-state index in [1.54, 1.807) is 13.0 Å². The van der Waals surface area contributed by atoms with Crippen LogP contribution in [0.25, 0.3) is 0 Å². The summed E-state index contributed by atoms with van der Waals surface area (Å²) < 4.78 is 11.6. The van der Waals surface area contributed by atoms with Crippen molar-refractivity contribution in [2.75, 3.05) is 13.7 Å². The summed E-state index contributed by atoms with van der Waals surface area (Å²) in [4.78, 5) is 11.7. The van der Waals surface area contributed by atoms with Crippen molar-refractivity contribution in [1.29, 1.82) is 0 Å². The van der Waals surface area contributed by atoms with E-state index in [2.05, 4.69) is 10.3 Å². The molecule has 106 valence electrons. The highest BCUT2D eigenvalue weighted by Gasteiger charge is 2.22. The van der Waals surface area contributed by atoms with Crippen molar-refractivity contribution in [2.24, 2.45) is 0 Å². The summed E-state index contributed by atoms with van der Waals surface area (Å²) in [5.74, 6) is -0.307. The van der Waals surface area contributed by atoms with Crippen LogP contribution in [-0.4, -0.2) is 34.7 Å². The Labute approximate surface area is 121 Å². The van der Waals surface area contributed by atoms with Gasteiger partial charge in [-0.2, -0.15) is 0 Å². The first-order valence-electron chi connectivity index (χ1n) is 6.05. The number of halogens is 1. The van der Waals surface area contributed by atoms with Gasteiger partial charge in [-0.1, -0.05) is 35.0 Å². The average molecular weight is 296 g/mol. The van der Waals surface area contributed by atoms with Crippen LogP contribution in [0.5, 0.6) is 5.88 Å². The summed E-state index contributed by atoms with van der Waals surface area (Å²) >= 11 is 6.09. The third-order valence-corrected chi connectivity index (χ3v) is 3.00. The fourth-order valence-electron chi connectivity index (χ4n) is 1.73. The molecule has 2 aromatic rings. The van der Waals surface area contributed by atoms with Gasteiger partial charge in [0.25, 0.3) is 0 Å². The number of hydrogen-bond acceptors (Lipinski definition) is 5. The molecule has 1 aromatic carbocycles. The Morgan fingerprint density at radius 3 is 2.80 bits per heavy atom. The number of rotatable bonds is 5. The number of methoxy groups -OCH3 is 1. The first-order chi connectivity index (χ1) is 9.67. The predicted molar refractivity (Wildman–Crippen MR) is 73.1 cm³/mol. The van der Waals surface area contributed by atoms with Crippen LogP contribution in [0.15, 0.2) is 24.3 Å². The van der Waals surface area contributed by atoms with Gasteiger partial charge < -0.3 is 9.47 Å². The van der Waals surface area contributed by atoms with Crippen molar-refractivity contribution >= 4 is 17.6 Å². The monoisotopic (exact) mass is 295 g/mol. The van der Waals surface area contributed by atoms with E-state index in [0.29, 0.717) is 11.6 Å². The largest absolute Gasteiger partial charge is 0.479 e. The molecule has 0 N–H and O–H groups in total. The van der Waals surface area contributed by atoms with Crippen LogP contribution in [0.4, 0.5) is 0 Å². The van der Waals surface area contributed by atoms with E-state index in [4.69, 9.17) is 21.1 Å². The Morgan fingerprint density at radius 2 is 2.15 bits per heavy atom. The molecular formula is C13H14ClN3O3. The third-order valence-electron chi connectivity index (χ3n) is 2.63. The maximum atomic E-state index is 11.7. The van der Waals surface area contributed by atoms with Crippen molar-refractivity contribution in [3.8, 4) is 5.88 Å². The lowest BCUT2D eigenvalue weighted by molar-refractivity contribution is 0.0515. The molecular weight excluding hydrogens is 282 g/mol. The van der Waals surface area contributed by atoms with Gasteiger partial charge in [0, 0.05) is 5.02 Å². The quantitative estimate of drug-likeness (QED) is 0.791. The molecule has 0 saturated carbocycles. The summed E-state index contributed by atoms with van der Waals surface area (Å²) in [5, 5.41) is 8.32. The highest BCUT2D eigenvalue weighted by Crippen LogP contribution is 2.21. The zero-order chi connectivity index (χ0) is 14.5. The molecule has 0 bridgehead atoms. The lowest BCUT2D eigenvalue weighted by Gasteiger charge is -2.07. The number of carbonyl (C=O) groups is 1. The van der Waals surface area contributed by atoms with Crippen LogP contribution in [0.1, 0.15) is 23.0 Å². The highest BCUT2D eigenvalue weighted by molar-refractivity contribution is 6.31. The maximum Gasteiger partial charge on any atom is 0.364 e. The molecule has 2 rings (SSSR count). The van der Waals surface area contributed by atoms with E-state index in [1.807, 2.05) is 18.2 Å². The summed E-state index contributed by atoms with van der Waals surface area (Å²) in [6.45, 7) is 2.34. The Bertz CT molecular complexity index is 613. The fraction of sp³-hybridized carbons (Fsp3) is 0.308. The average Bonchev–Trinajstić information content (AvgIpc) is 2.84. The van der Waals surface area contributed by atoms with Gasteiger partial charge in [-0.15, -0.1) is 5.10 Å². The minimum absolute atomic E-state index is 0.0569. The van der Waals surface area contributed by atoms with E-state index < -0.39 is 5.97 Å². The maximum absolute atomic E-state index is 11.7. The normalized spacial score (nSPS) is 10.3. The van der Waals surface area contributed by atoms with Crippen LogP contribution >= 0.6 is 11.6 Å². The van der Waals surface area contributed by atoms with E-state index in [9.17, 15) is 4.79 Å². The van der Waals surface area contributed by atoms with E-state index in [-0.39, 0.29) is 18.2 Å². The van der Waals surface area contributed by atoms with E-state index in [0.717, 1.165) is 5.56 Å². The lowest BCUT2D eigenvalue weighted by atomic mass is 10.2. The fourth-order valence-corrected chi connectivity index (χ4v) is 1.92. The van der Waals surface area contributed by atoms with Crippen molar-refractivity contribution < 1.29 is 14.3 Å². The molecule has 0 saturated heterocycles. The molecule has 0 radical (unpaired) electrons. The summed E-state index contributed by atoms with van der Waals surface area (Å²) in [5.41, 5.74) is 0.911. The summed E-state index contributed by atoms with van der Waals surface area (Å²) in [6.07, 6.45) is 0. The first-order valence-corrected chi connectivity index (χ1v) is 6.43. The second-order valence-electron chi connectivity index (χ2n) is 3.92. The number of esters is 1. The molecule has 1 heterocycles. The van der Waals surface area contributed by atoms with Crippen molar-refractivity contribution in [2.45, 2.75) is 13.5 Å².